The molecule has 1 unspecified atom stereocenters. The van der Waals surface area contributed by atoms with Crippen molar-refractivity contribution in [3.8, 4) is 0 Å². The lowest BCUT2D eigenvalue weighted by Crippen LogP contribution is -2.29. The third-order valence-electron chi connectivity index (χ3n) is 3.09. The maximum absolute atomic E-state index is 5.73. The van der Waals surface area contributed by atoms with Crippen LogP contribution in [0.15, 0.2) is 41.9 Å². The summed E-state index contributed by atoms with van der Waals surface area (Å²) in [4.78, 5) is 8.89. The molecular weight excluding hydrogens is 256 g/mol. The van der Waals surface area contributed by atoms with Crippen molar-refractivity contribution in [2.75, 3.05) is 0 Å². The molecule has 0 aliphatic carbocycles. The predicted molar refractivity (Wildman–Crippen MR) is 77.8 cm³/mol. The van der Waals surface area contributed by atoms with E-state index in [1.54, 1.807) is 17.5 Å². The summed E-state index contributed by atoms with van der Waals surface area (Å²) < 4.78 is 0. The summed E-state index contributed by atoms with van der Waals surface area (Å²) in [7, 11) is 0. The smallest absolute Gasteiger partial charge is 0.0898 e. The van der Waals surface area contributed by atoms with Crippen molar-refractivity contribution in [1.82, 2.24) is 15.4 Å². The normalized spacial score (nSPS) is 12.7. The molecule has 4 nitrogen and oxygen atoms in total. The molecule has 0 fully saturated rings. The zero-order valence-corrected chi connectivity index (χ0v) is 11.3. The molecule has 3 aromatic rings. The third kappa shape index (κ3) is 2.23. The number of nitrogens with two attached hydrogens (primary N) is 1. The number of aryl methyl sites for hydroxylation is 1. The van der Waals surface area contributed by atoms with Crippen molar-refractivity contribution in [1.29, 1.82) is 0 Å². The standard InChI is InChI=1S/C14H14N4S/c1-9-17-13(8-19-9)14(18-15)11-4-2-6-12-10(11)5-3-7-16-12/h2-8,14,18H,15H2,1H3. The summed E-state index contributed by atoms with van der Waals surface area (Å²) >= 11 is 1.63. The van der Waals surface area contributed by atoms with Crippen LogP contribution in [0.25, 0.3) is 10.9 Å². The van der Waals surface area contributed by atoms with Gasteiger partial charge in [0, 0.05) is 17.0 Å². The summed E-state index contributed by atoms with van der Waals surface area (Å²) in [5, 5.41) is 4.17. The largest absolute Gasteiger partial charge is 0.271 e. The van der Waals surface area contributed by atoms with Gasteiger partial charge < -0.3 is 0 Å². The minimum atomic E-state index is -0.113. The molecule has 0 radical (unpaired) electrons. The van der Waals surface area contributed by atoms with Crippen LogP contribution in [-0.4, -0.2) is 9.97 Å². The number of rotatable bonds is 3. The van der Waals surface area contributed by atoms with Gasteiger partial charge in [0.1, 0.15) is 0 Å². The van der Waals surface area contributed by atoms with E-state index in [9.17, 15) is 0 Å². The van der Waals surface area contributed by atoms with Crippen molar-refractivity contribution in [3.63, 3.8) is 0 Å². The quantitative estimate of drug-likeness (QED) is 0.567. The molecule has 2 heterocycles. The zero-order chi connectivity index (χ0) is 13.2. The highest BCUT2D eigenvalue weighted by molar-refractivity contribution is 7.09. The number of hydrogen-bond donors (Lipinski definition) is 2. The van der Waals surface area contributed by atoms with E-state index in [2.05, 4.69) is 27.5 Å². The van der Waals surface area contributed by atoms with Gasteiger partial charge in [0.15, 0.2) is 0 Å². The van der Waals surface area contributed by atoms with Gasteiger partial charge in [-0.2, -0.15) is 0 Å². The van der Waals surface area contributed by atoms with Crippen LogP contribution in [0, 0.1) is 6.92 Å². The van der Waals surface area contributed by atoms with E-state index >= 15 is 0 Å². The van der Waals surface area contributed by atoms with E-state index in [4.69, 9.17) is 5.84 Å². The topological polar surface area (TPSA) is 63.8 Å². The molecule has 0 aliphatic heterocycles. The highest BCUT2D eigenvalue weighted by Gasteiger charge is 2.17. The monoisotopic (exact) mass is 270 g/mol. The van der Waals surface area contributed by atoms with Crippen molar-refractivity contribution in [2.45, 2.75) is 13.0 Å². The SMILES string of the molecule is Cc1nc(C(NN)c2cccc3ncccc23)cs1. The van der Waals surface area contributed by atoms with Crippen LogP contribution in [0.1, 0.15) is 22.3 Å². The van der Waals surface area contributed by atoms with Crippen LogP contribution in [0.3, 0.4) is 0 Å². The molecular formula is C14H14N4S. The molecule has 0 bridgehead atoms. The molecule has 0 amide bonds. The minimum absolute atomic E-state index is 0.113. The molecule has 1 aromatic carbocycles. The third-order valence-corrected chi connectivity index (χ3v) is 3.88. The Morgan fingerprint density at radius 2 is 2.16 bits per heavy atom. The fourth-order valence-corrected chi connectivity index (χ4v) is 2.86. The molecule has 0 saturated carbocycles. The molecule has 1 atom stereocenters. The maximum Gasteiger partial charge on any atom is 0.0898 e. The number of fused-ring (bicyclic) bond motifs is 1. The van der Waals surface area contributed by atoms with E-state index in [-0.39, 0.29) is 6.04 Å². The molecule has 0 aliphatic rings. The lowest BCUT2D eigenvalue weighted by Gasteiger charge is -2.16. The van der Waals surface area contributed by atoms with Gasteiger partial charge >= 0.3 is 0 Å². The van der Waals surface area contributed by atoms with E-state index in [1.165, 1.54) is 0 Å². The van der Waals surface area contributed by atoms with Crippen LogP contribution in [0.2, 0.25) is 0 Å². The zero-order valence-electron chi connectivity index (χ0n) is 10.5. The van der Waals surface area contributed by atoms with Crippen molar-refractivity contribution in [2.24, 2.45) is 5.84 Å². The fourth-order valence-electron chi connectivity index (χ4n) is 2.23. The van der Waals surface area contributed by atoms with Crippen molar-refractivity contribution in [3.05, 3.63) is 58.2 Å². The van der Waals surface area contributed by atoms with E-state index in [0.29, 0.717) is 0 Å². The van der Waals surface area contributed by atoms with Crippen molar-refractivity contribution < 1.29 is 0 Å². The average Bonchev–Trinajstić information content (AvgIpc) is 2.86. The second-order valence-electron chi connectivity index (χ2n) is 4.31. The Labute approximate surface area is 115 Å². The van der Waals surface area contributed by atoms with Gasteiger partial charge in [-0.05, 0) is 24.6 Å². The summed E-state index contributed by atoms with van der Waals surface area (Å²) in [5.74, 6) is 5.73. The molecule has 5 heteroatoms. The molecule has 2 aromatic heterocycles. The Balaban J connectivity index is 2.16. The first-order valence-electron chi connectivity index (χ1n) is 6.01. The second-order valence-corrected chi connectivity index (χ2v) is 5.37. The van der Waals surface area contributed by atoms with Gasteiger partial charge in [-0.15, -0.1) is 11.3 Å². The summed E-state index contributed by atoms with van der Waals surface area (Å²) in [6, 6.07) is 9.93. The number of aromatic nitrogens is 2. The summed E-state index contributed by atoms with van der Waals surface area (Å²) in [5.41, 5.74) is 5.86. The lowest BCUT2D eigenvalue weighted by atomic mass is 10.00. The van der Waals surface area contributed by atoms with Gasteiger partial charge in [0.2, 0.25) is 0 Å². The minimum Gasteiger partial charge on any atom is -0.271 e. The van der Waals surface area contributed by atoms with E-state index < -0.39 is 0 Å². The first-order valence-corrected chi connectivity index (χ1v) is 6.89. The molecule has 0 spiro atoms. The Morgan fingerprint density at radius 1 is 1.26 bits per heavy atom. The number of benzene rings is 1. The van der Waals surface area contributed by atoms with Gasteiger partial charge in [-0.25, -0.2) is 10.4 Å². The maximum atomic E-state index is 5.73. The van der Waals surface area contributed by atoms with E-state index in [1.807, 2.05) is 30.5 Å². The van der Waals surface area contributed by atoms with Crippen molar-refractivity contribution >= 4 is 22.2 Å². The number of thiazole rings is 1. The Morgan fingerprint density at radius 3 is 2.89 bits per heavy atom. The van der Waals surface area contributed by atoms with Crippen LogP contribution in [0.4, 0.5) is 0 Å². The molecule has 0 saturated heterocycles. The van der Waals surface area contributed by atoms with Gasteiger partial charge in [0.25, 0.3) is 0 Å². The highest BCUT2D eigenvalue weighted by Crippen LogP contribution is 2.28. The summed E-state index contributed by atoms with van der Waals surface area (Å²) in [6.07, 6.45) is 1.80. The predicted octanol–water partition coefficient (Wildman–Crippen LogP) is 2.55. The molecule has 3 rings (SSSR count). The van der Waals surface area contributed by atoms with Gasteiger partial charge in [0.05, 0.1) is 22.3 Å². The number of hydrazine groups is 1. The molecule has 96 valence electrons. The van der Waals surface area contributed by atoms with Crippen LogP contribution >= 0.6 is 11.3 Å². The lowest BCUT2D eigenvalue weighted by molar-refractivity contribution is 0.627. The Kier molecular flexibility index (Phi) is 3.25. The van der Waals surface area contributed by atoms with E-state index in [0.717, 1.165) is 27.2 Å². The number of hydrogen-bond acceptors (Lipinski definition) is 5. The average molecular weight is 270 g/mol. The first-order chi connectivity index (χ1) is 9.29. The molecule has 3 N–H and O–H groups in total. The summed E-state index contributed by atoms with van der Waals surface area (Å²) in [6.45, 7) is 1.99. The second kappa shape index (κ2) is 5.05. The van der Waals surface area contributed by atoms with Crippen LogP contribution in [0.5, 0.6) is 0 Å². The highest BCUT2D eigenvalue weighted by atomic mass is 32.1. The van der Waals surface area contributed by atoms with Crippen LogP contribution in [-0.2, 0) is 0 Å². The Bertz CT molecular complexity index is 702. The fraction of sp³-hybridized carbons (Fsp3) is 0.143. The Hall–Kier alpha value is -1.82. The van der Waals surface area contributed by atoms with Crippen LogP contribution < -0.4 is 11.3 Å². The number of pyridine rings is 1. The number of nitrogens with one attached hydrogen (secondary N) is 1. The van der Waals surface area contributed by atoms with Gasteiger partial charge in [-0.3, -0.25) is 10.8 Å². The van der Waals surface area contributed by atoms with Gasteiger partial charge in [-0.1, -0.05) is 18.2 Å². The first kappa shape index (κ1) is 12.2. The number of nitrogens with zero attached hydrogens (tertiary/aromatic N) is 2. The molecule has 19 heavy (non-hydrogen) atoms.